The summed E-state index contributed by atoms with van der Waals surface area (Å²) in [6, 6.07) is 12.4. The fraction of sp³-hybridized carbons (Fsp3) is 0.375. The average molecular weight is 419 g/mol. The quantitative estimate of drug-likeness (QED) is 0.581. The Labute approximate surface area is 181 Å². The second kappa shape index (κ2) is 8.28. The largest absolute Gasteiger partial charge is 0.354 e. The van der Waals surface area contributed by atoms with Crippen molar-refractivity contribution < 1.29 is 4.79 Å². The summed E-state index contributed by atoms with van der Waals surface area (Å²) in [4.78, 5) is 27.3. The van der Waals surface area contributed by atoms with E-state index in [1.807, 2.05) is 24.3 Å². The molecule has 0 saturated carbocycles. The zero-order chi connectivity index (χ0) is 20.5. The predicted octanol–water partition coefficient (Wildman–Crippen LogP) is 4.22. The van der Waals surface area contributed by atoms with Crippen LogP contribution in [0.25, 0.3) is 11.4 Å². The zero-order valence-corrected chi connectivity index (χ0v) is 18.1. The van der Waals surface area contributed by atoms with Crippen LogP contribution in [0.4, 0.5) is 5.82 Å². The number of piperazine rings is 1. The first-order chi connectivity index (χ1) is 14.7. The molecule has 154 valence electrons. The normalized spacial score (nSPS) is 16.6. The van der Waals surface area contributed by atoms with Crippen LogP contribution in [0.15, 0.2) is 41.8 Å². The molecule has 3 aromatic rings. The Bertz CT molecular complexity index is 1050. The molecule has 0 bridgehead atoms. The van der Waals surface area contributed by atoms with Gasteiger partial charge in [0, 0.05) is 49.5 Å². The first kappa shape index (κ1) is 19.4. The molecule has 30 heavy (non-hydrogen) atoms. The minimum absolute atomic E-state index is 0.155. The number of fused-ring (bicyclic) bond motifs is 1. The summed E-state index contributed by atoms with van der Waals surface area (Å²) in [5, 5.41) is 2.12. The molecule has 2 aromatic heterocycles. The van der Waals surface area contributed by atoms with Gasteiger partial charge in [0.25, 0.3) is 0 Å². The third-order valence-electron chi connectivity index (χ3n) is 6.02. The highest BCUT2D eigenvalue weighted by atomic mass is 32.1. The van der Waals surface area contributed by atoms with Gasteiger partial charge in [0.05, 0.1) is 4.88 Å². The highest BCUT2D eigenvalue weighted by Gasteiger charge is 2.26. The highest BCUT2D eigenvalue weighted by molar-refractivity contribution is 7.12. The van der Waals surface area contributed by atoms with Gasteiger partial charge in [0.2, 0.25) is 0 Å². The molecule has 0 unspecified atom stereocenters. The number of hydrogen-bond acceptors (Lipinski definition) is 6. The van der Waals surface area contributed by atoms with Crippen molar-refractivity contribution in [1.29, 1.82) is 0 Å². The van der Waals surface area contributed by atoms with Crippen LogP contribution in [0.3, 0.4) is 0 Å². The molecule has 3 heterocycles. The molecule has 1 saturated heterocycles. The Morgan fingerprint density at radius 2 is 1.87 bits per heavy atom. The zero-order valence-electron chi connectivity index (χ0n) is 17.3. The van der Waals surface area contributed by atoms with E-state index in [2.05, 4.69) is 27.3 Å². The van der Waals surface area contributed by atoms with E-state index in [1.165, 1.54) is 23.2 Å². The van der Waals surface area contributed by atoms with Crippen molar-refractivity contribution in [3.63, 3.8) is 0 Å². The second-order valence-electron chi connectivity index (χ2n) is 8.15. The van der Waals surface area contributed by atoms with Crippen molar-refractivity contribution in [2.75, 3.05) is 31.1 Å². The monoisotopic (exact) mass is 418 g/mol. The number of carbonyl (C=O) groups is 1. The summed E-state index contributed by atoms with van der Waals surface area (Å²) in [7, 11) is 0. The van der Waals surface area contributed by atoms with E-state index >= 15 is 0 Å². The van der Waals surface area contributed by atoms with Gasteiger partial charge < -0.3 is 4.90 Å². The lowest BCUT2D eigenvalue weighted by Crippen LogP contribution is -2.46. The molecule has 1 aromatic carbocycles. The van der Waals surface area contributed by atoms with Crippen molar-refractivity contribution >= 4 is 22.9 Å². The van der Waals surface area contributed by atoms with Crippen LogP contribution >= 0.6 is 11.3 Å². The van der Waals surface area contributed by atoms with Crippen LogP contribution in [-0.2, 0) is 19.4 Å². The van der Waals surface area contributed by atoms with E-state index in [9.17, 15) is 4.79 Å². The van der Waals surface area contributed by atoms with Gasteiger partial charge in [-0.05, 0) is 43.2 Å². The summed E-state index contributed by atoms with van der Waals surface area (Å²) < 4.78 is 0. The van der Waals surface area contributed by atoms with E-state index in [4.69, 9.17) is 9.97 Å². The molecule has 6 heteroatoms. The smallest absolute Gasteiger partial charge is 0.169 e. The number of hydrogen-bond donors (Lipinski definition) is 0. The lowest BCUT2D eigenvalue weighted by atomic mass is 10.1. The Morgan fingerprint density at radius 1 is 1.07 bits per heavy atom. The molecule has 5 nitrogen and oxygen atoms in total. The van der Waals surface area contributed by atoms with Gasteiger partial charge in [-0.25, -0.2) is 9.97 Å². The fourth-order valence-corrected chi connectivity index (χ4v) is 5.22. The molecular weight excluding hydrogens is 392 g/mol. The van der Waals surface area contributed by atoms with Crippen LogP contribution in [-0.4, -0.2) is 46.8 Å². The van der Waals surface area contributed by atoms with Gasteiger partial charge in [0.15, 0.2) is 11.6 Å². The minimum Gasteiger partial charge on any atom is -0.354 e. The summed E-state index contributed by atoms with van der Waals surface area (Å²) in [6.45, 7) is 6.51. The van der Waals surface area contributed by atoms with Crippen LogP contribution in [0.2, 0.25) is 0 Å². The van der Waals surface area contributed by atoms with E-state index in [0.29, 0.717) is 0 Å². The molecule has 0 radical (unpaired) electrons. The van der Waals surface area contributed by atoms with Crippen molar-refractivity contribution in [3.05, 3.63) is 63.5 Å². The molecule has 0 amide bonds. The first-order valence-electron chi connectivity index (χ1n) is 10.7. The Balaban J connectivity index is 1.32. The van der Waals surface area contributed by atoms with Gasteiger partial charge in [-0.2, -0.15) is 0 Å². The fourth-order valence-electron chi connectivity index (χ4n) is 4.41. The average Bonchev–Trinajstić information content (AvgIpc) is 3.44. The minimum atomic E-state index is 0.155. The molecule has 1 aliphatic carbocycles. The molecule has 0 spiro atoms. The maximum Gasteiger partial charge on any atom is 0.169 e. The van der Waals surface area contributed by atoms with E-state index < -0.39 is 0 Å². The van der Waals surface area contributed by atoms with Crippen LogP contribution < -0.4 is 4.90 Å². The van der Waals surface area contributed by atoms with Crippen LogP contribution in [0.1, 0.15) is 39.8 Å². The number of ketones is 1. The molecular formula is C24H26N4OS. The number of benzene rings is 1. The van der Waals surface area contributed by atoms with Gasteiger partial charge in [-0.3, -0.25) is 9.69 Å². The standard InChI is InChI=1S/C24H26N4OS/c1-17(29)22-14-18(16-30-22)15-27-10-12-28(13-11-27)24-20-8-5-9-21(20)25-23(26-24)19-6-3-2-4-7-19/h2-4,6-7,14,16H,5,8-13,15H2,1H3. The third-order valence-corrected chi connectivity index (χ3v) is 7.10. The van der Waals surface area contributed by atoms with Crippen LogP contribution in [0.5, 0.6) is 0 Å². The summed E-state index contributed by atoms with van der Waals surface area (Å²) in [5.74, 6) is 2.15. The van der Waals surface area contributed by atoms with Crippen molar-refractivity contribution in [2.24, 2.45) is 0 Å². The Hall–Kier alpha value is -2.57. The lowest BCUT2D eigenvalue weighted by Gasteiger charge is -2.36. The van der Waals surface area contributed by atoms with Crippen molar-refractivity contribution in [3.8, 4) is 11.4 Å². The molecule has 2 aliphatic rings. The van der Waals surface area contributed by atoms with Gasteiger partial charge >= 0.3 is 0 Å². The van der Waals surface area contributed by atoms with Crippen LogP contribution in [0, 0.1) is 0 Å². The van der Waals surface area contributed by atoms with Crippen molar-refractivity contribution in [2.45, 2.75) is 32.7 Å². The number of Topliss-reactive ketones (excluding diaryl/α,β-unsaturated/α-hetero) is 1. The van der Waals surface area contributed by atoms with Gasteiger partial charge in [-0.15, -0.1) is 11.3 Å². The van der Waals surface area contributed by atoms with Crippen molar-refractivity contribution in [1.82, 2.24) is 14.9 Å². The first-order valence-corrected chi connectivity index (χ1v) is 11.6. The Kier molecular flexibility index (Phi) is 5.35. The molecule has 5 rings (SSSR count). The van der Waals surface area contributed by atoms with Gasteiger partial charge in [0.1, 0.15) is 5.82 Å². The summed E-state index contributed by atoms with van der Waals surface area (Å²) >= 11 is 1.55. The maximum atomic E-state index is 11.6. The molecule has 1 aliphatic heterocycles. The van der Waals surface area contributed by atoms with Gasteiger partial charge in [-0.1, -0.05) is 30.3 Å². The molecule has 0 atom stereocenters. The summed E-state index contributed by atoms with van der Waals surface area (Å²) in [6.07, 6.45) is 3.32. The number of aryl methyl sites for hydroxylation is 1. The number of nitrogens with zero attached hydrogens (tertiary/aromatic N) is 4. The molecule has 1 fully saturated rings. The van der Waals surface area contributed by atoms with E-state index in [1.54, 1.807) is 18.3 Å². The predicted molar refractivity (Wildman–Crippen MR) is 121 cm³/mol. The molecule has 0 N–H and O–H groups in total. The number of aromatic nitrogens is 2. The summed E-state index contributed by atoms with van der Waals surface area (Å²) in [5.41, 5.74) is 4.92. The third kappa shape index (κ3) is 3.89. The second-order valence-corrected chi connectivity index (χ2v) is 9.07. The number of thiophene rings is 1. The highest BCUT2D eigenvalue weighted by Crippen LogP contribution is 2.32. The van der Waals surface area contributed by atoms with E-state index in [-0.39, 0.29) is 5.78 Å². The number of rotatable bonds is 5. The van der Waals surface area contributed by atoms with E-state index in [0.717, 1.165) is 67.6 Å². The maximum absolute atomic E-state index is 11.6. The number of carbonyl (C=O) groups excluding carboxylic acids is 1. The Morgan fingerprint density at radius 3 is 2.60 bits per heavy atom. The topological polar surface area (TPSA) is 49.3 Å². The SMILES string of the molecule is CC(=O)c1cc(CN2CCN(c3nc(-c4ccccc4)nc4c3CCC4)CC2)cs1. The number of anilines is 1. The lowest BCUT2D eigenvalue weighted by molar-refractivity contribution is 0.102.